The Morgan fingerprint density at radius 2 is 1.66 bits per heavy atom. The van der Waals surface area contributed by atoms with Gasteiger partial charge in [0.25, 0.3) is 0 Å². The van der Waals surface area contributed by atoms with Gasteiger partial charge in [-0.05, 0) is 60.2 Å². The molecule has 4 heterocycles. The first kappa shape index (κ1) is 19.8. The highest BCUT2D eigenvalue weighted by Crippen LogP contribution is 2.31. The number of pyridine rings is 3. The third-order valence-corrected chi connectivity index (χ3v) is 5.13. The monoisotopic (exact) mass is 424 g/mol. The first-order chi connectivity index (χ1) is 15.8. The first-order valence-electron chi connectivity index (χ1n) is 10.3. The summed E-state index contributed by atoms with van der Waals surface area (Å²) >= 11 is 0. The molecular formula is C25H20FN5O. The van der Waals surface area contributed by atoms with Gasteiger partial charge < -0.3 is 4.74 Å². The summed E-state index contributed by atoms with van der Waals surface area (Å²) in [5, 5.41) is 5.60. The molecule has 0 spiro atoms. The molecule has 1 aromatic carbocycles. The summed E-state index contributed by atoms with van der Waals surface area (Å²) in [6.45, 7) is 0.113. The van der Waals surface area contributed by atoms with E-state index in [1.165, 1.54) is 0 Å². The number of aromatic nitrogens is 5. The number of hydrogen-bond donors (Lipinski definition) is 0. The van der Waals surface area contributed by atoms with Crippen LogP contribution in [0.5, 0.6) is 5.75 Å². The number of hydrogen-bond acceptors (Lipinski definition) is 5. The van der Waals surface area contributed by atoms with E-state index in [9.17, 15) is 4.39 Å². The number of nitrogens with zero attached hydrogens (tertiary/aromatic N) is 5. The molecule has 0 saturated carbocycles. The molecule has 0 saturated heterocycles. The summed E-state index contributed by atoms with van der Waals surface area (Å²) in [7, 11) is 0. The SMILES string of the molecule is [18F]CCn1cc(-c2ccncc2)c(-c2ccc(OCc3ccc4cnccc4n3)cc2)n1. The van der Waals surface area contributed by atoms with Gasteiger partial charge in [-0.15, -0.1) is 0 Å². The minimum absolute atomic E-state index is 0.216. The Kier molecular flexibility index (Phi) is 5.53. The van der Waals surface area contributed by atoms with Crippen molar-refractivity contribution in [2.75, 3.05) is 6.67 Å². The second-order valence-electron chi connectivity index (χ2n) is 7.26. The first-order valence-corrected chi connectivity index (χ1v) is 10.3. The van der Waals surface area contributed by atoms with Crippen LogP contribution in [0.4, 0.5) is 4.39 Å². The molecule has 7 heteroatoms. The van der Waals surface area contributed by atoms with E-state index in [1.54, 1.807) is 29.5 Å². The van der Waals surface area contributed by atoms with Gasteiger partial charge in [-0.3, -0.25) is 14.6 Å². The summed E-state index contributed by atoms with van der Waals surface area (Å²) in [6, 6.07) is 17.4. The Balaban J connectivity index is 1.36. The third-order valence-electron chi connectivity index (χ3n) is 5.13. The normalized spacial score (nSPS) is 11.0. The van der Waals surface area contributed by atoms with Crippen LogP contribution < -0.4 is 4.74 Å². The van der Waals surface area contributed by atoms with E-state index in [0.717, 1.165) is 44.7 Å². The van der Waals surface area contributed by atoms with Crippen molar-refractivity contribution in [2.45, 2.75) is 13.2 Å². The number of ether oxygens (including phenoxy) is 1. The summed E-state index contributed by atoms with van der Waals surface area (Å²) in [4.78, 5) is 12.8. The smallest absolute Gasteiger partial charge is 0.130 e. The lowest BCUT2D eigenvalue weighted by molar-refractivity contribution is 0.302. The minimum atomic E-state index is -0.469. The molecule has 0 N–H and O–H groups in total. The van der Waals surface area contributed by atoms with E-state index in [4.69, 9.17) is 4.74 Å². The maximum Gasteiger partial charge on any atom is 0.130 e. The van der Waals surface area contributed by atoms with Gasteiger partial charge in [0.1, 0.15) is 24.7 Å². The Hall–Kier alpha value is -4.13. The van der Waals surface area contributed by atoms with E-state index >= 15 is 0 Å². The van der Waals surface area contributed by atoms with Gasteiger partial charge in [0.05, 0.1) is 17.8 Å². The fourth-order valence-corrected chi connectivity index (χ4v) is 3.53. The molecule has 0 fully saturated rings. The van der Waals surface area contributed by atoms with Crippen molar-refractivity contribution in [2.24, 2.45) is 0 Å². The second kappa shape index (κ2) is 8.93. The molecule has 0 radical (unpaired) electrons. The fraction of sp³-hybridized carbons (Fsp3) is 0.120. The van der Waals surface area contributed by atoms with Crippen LogP contribution in [-0.4, -0.2) is 31.4 Å². The van der Waals surface area contributed by atoms with Crippen LogP contribution in [-0.2, 0) is 13.2 Å². The van der Waals surface area contributed by atoms with Crippen LogP contribution in [0.15, 0.2) is 85.6 Å². The number of alkyl halides is 1. The van der Waals surface area contributed by atoms with Crippen LogP contribution in [0.2, 0.25) is 0 Å². The van der Waals surface area contributed by atoms with E-state index in [0.29, 0.717) is 6.61 Å². The van der Waals surface area contributed by atoms with Crippen LogP contribution in [0.3, 0.4) is 0 Å². The zero-order valence-electron chi connectivity index (χ0n) is 17.2. The lowest BCUT2D eigenvalue weighted by atomic mass is 10.0. The Morgan fingerprint density at radius 1 is 0.844 bits per heavy atom. The molecule has 0 amide bonds. The summed E-state index contributed by atoms with van der Waals surface area (Å²) < 4.78 is 20.5. The van der Waals surface area contributed by atoms with Crippen molar-refractivity contribution in [3.8, 4) is 28.1 Å². The maximum atomic E-state index is 12.9. The van der Waals surface area contributed by atoms with Gasteiger partial charge in [0, 0.05) is 47.5 Å². The van der Waals surface area contributed by atoms with Gasteiger partial charge in [-0.25, -0.2) is 9.37 Å². The molecule has 5 rings (SSSR count). The second-order valence-corrected chi connectivity index (χ2v) is 7.26. The highest BCUT2D eigenvalue weighted by Gasteiger charge is 2.13. The zero-order chi connectivity index (χ0) is 21.8. The molecule has 32 heavy (non-hydrogen) atoms. The Labute approximate surface area is 184 Å². The van der Waals surface area contributed by atoms with Crippen molar-refractivity contribution >= 4 is 10.9 Å². The highest BCUT2D eigenvalue weighted by atomic mass is 18.2. The van der Waals surface area contributed by atoms with Crippen molar-refractivity contribution < 1.29 is 9.13 Å². The largest absolute Gasteiger partial charge is 0.487 e. The number of aryl methyl sites for hydroxylation is 1. The van der Waals surface area contributed by atoms with Crippen molar-refractivity contribution in [1.82, 2.24) is 24.7 Å². The minimum Gasteiger partial charge on any atom is -0.487 e. The number of halogens is 1. The quantitative estimate of drug-likeness (QED) is 0.364. The summed E-state index contributed by atoms with van der Waals surface area (Å²) in [5.41, 5.74) is 5.38. The third kappa shape index (κ3) is 4.18. The topological polar surface area (TPSA) is 65.7 Å². The number of rotatable bonds is 7. The highest BCUT2D eigenvalue weighted by molar-refractivity contribution is 5.80. The van der Waals surface area contributed by atoms with Crippen molar-refractivity contribution in [3.63, 3.8) is 0 Å². The molecule has 158 valence electrons. The lowest BCUT2D eigenvalue weighted by Gasteiger charge is -2.08. The van der Waals surface area contributed by atoms with Crippen LogP contribution in [0.1, 0.15) is 5.69 Å². The molecule has 5 aromatic rings. The average Bonchev–Trinajstić information content (AvgIpc) is 3.28. The van der Waals surface area contributed by atoms with Crippen LogP contribution >= 0.6 is 0 Å². The predicted molar refractivity (Wildman–Crippen MR) is 121 cm³/mol. The fourth-order valence-electron chi connectivity index (χ4n) is 3.53. The van der Waals surface area contributed by atoms with Gasteiger partial charge in [0.15, 0.2) is 0 Å². The lowest BCUT2D eigenvalue weighted by Crippen LogP contribution is -2.00. The molecule has 6 nitrogen and oxygen atoms in total. The molecule has 0 bridgehead atoms. The molecule has 0 aliphatic rings. The average molecular weight is 424 g/mol. The molecule has 0 aliphatic carbocycles. The van der Waals surface area contributed by atoms with Crippen LogP contribution in [0.25, 0.3) is 33.3 Å². The van der Waals surface area contributed by atoms with E-state index < -0.39 is 6.67 Å². The van der Waals surface area contributed by atoms with Gasteiger partial charge in [0.2, 0.25) is 0 Å². The Bertz CT molecular complexity index is 1340. The van der Waals surface area contributed by atoms with Crippen molar-refractivity contribution in [1.29, 1.82) is 0 Å². The van der Waals surface area contributed by atoms with Gasteiger partial charge in [-0.2, -0.15) is 5.10 Å². The van der Waals surface area contributed by atoms with E-state index in [1.807, 2.05) is 60.8 Å². The van der Waals surface area contributed by atoms with E-state index in [2.05, 4.69) is 20.1 Å². The molecule has 4 aromatic heterocycles. The van der Waals surface area contributed by atoms with E-state index in [-0.39, 0.29) is 6.54 Å². The molecule has 0 atom stereocenters. The number of benzene rings is 1. The Morgan fingerprint density at radius 3 is 2.47 bits per heavy atom. The van der Waals surface area contributed by atoms with Crippen LogP contribution in [0, 0.1) is 0 Å². The van der Waals surface area contributed by atoms with Gasteiger partial charge >= 0.3 is 0 Å². The predicted octanol–water partition coefficient (Wildman–Crippen LogP) is 5.10. The summed E-state index contributed by atoms with van der Waals surface area (Å²) in [6.07, 6.45) is 8.87. The molecule has 0 unspecified atom stereocenters. The summed E-state index contributed by atoms with van der Waals surface area (Å²) in [5.74, 6) is 0.735. The zero-order valence-corrected chi connectivity index (χ0v) is 17.2. The van der Waals surface area contributed by atoms with Crippen molar-refractivity contribution in [3.05, 3.63) is 91.3 Å². The molecular weight excluding hydrogens is 404 g/mol. The van der Waals surface area contributed by atoms with Gasteiger partial charge in [-0.1, -0.05) is 0 Å². The standard InChI is InChI=1S/C25H20FN5O/c26-10-14-31-16-23(18-7-11-27-12-8-18)25(30-31)19-2-5-22(6-3-19)32-17-21-4-1-20-15-28-13-9-24(20)29-21/h1-9,11-13,15-16H,10,14,17H2/i26-1. The molecule has 0 aliphatic heterocycles. The maximum absolute atomic E-state index is 12.9. The number of fused-ring (bicyclic) bond motifs is 1.